The summed E-state index contributed by atoms with van der Waals surface area (Å²) in [5.41, 5.74) is 4.05. The van der Waals surface area contributed by atoms with Gasteiger partial charge in [-0.3, -0.25) is 0 Å². The number of benzene rings is 2. The van der Waals surface area contributed by atoms with Crippen molar-refractivity contribution < 1.29 is 8.78 Å². The zero-order valence-electron chi connectivity index (χ0n) is 12.7. The predicted molar refractivity (Wildman–Crippen MR) is 89.3 cm³/mol. The van der Waals surface area contributed by atoms with Crippen LogP contribution in [0, 0.1) is 18.6 Å². The topological polar surface area (TPSA) is 25.8 Å². The van der Waals surface area contributed by atoms with E-state index < -0.39 is 0 Å². The van der Waals surface area contributed by atoms with Crippen molar-refractivity contribution >= 4 is 11.8 Å². The average Bonchev–Trinajstić information content (AvgIpc) is 2.56. The highest BCUT2D eigenvalue weighted by molar-refractivity contribution is 7.98. The van der Waals surface area contributed by atoms with Crippen LogP contribution >= 0.6 is 11.8 Å². The van der Waals surface area contributed by atoms with Crippen molar-refractivity contribution in [2.45, 2.75) is 11.8 Å². The summed E-state index contributed by atoms with van der Waals surface area (Å²) in [6.45, 7) is 1.96. The molecule has 116 valence electrons. The lowest BCUT2D eigenvalue weighted by Crippen LogP contribution is -1.99. The molecule has 3 aromatic rings. The summed E-state index contributed by atoms with van der Waals surface area (Å²) in [4.78, 5) is 0.978. The SMILES string of the molecule is CSc1c(-c2ccc(F)cc2)nnc(-c2ccc(F)cc2)c1C. The molecule has 1 aromatic heterocycles. The molecule has 0 N–H and O–H groups in total. The fraction of sp³-hybridized carbons (Fsp3) is 0.111. The average molecular weight is 328 g/mol. The van der Waals surface area contributed by atoms with E-state index in [1.807, 2.05) is 13.2 Å². The van der Waals surface area contributed by atoms with Crippen molar-refractivity contribution in [1.82, 2.24) is 10.2 Å². The lowest BCUT2D eigenvalue weighted by molar-refractivity contribution is 0.627. The van der Waals surface area contributed by atoms with E-state index in [-0.39, 0.29) is 11.6 Å². The predicted octanol–water partition coefficient (Wildman–Crippen LogP) is 5.12. The first-order valence-electron chi connectivity index (χ1n) is 7.03. The Morgan fingerprint density at radius 2 is 1.17 bits per heavy atom. The molecule has 2 nitrogen and oxygen atoms in total. The highest BCUT2D eigenvalue weighted by atomic mass is 32.2. The van der Waals surface area contributed by atoms with E-state index in [0.29, 0.717) is 0 Å². The fourth-order valence-electron chi connectivity index (χ4n) is 2.43. The summed E-state index contributed by atoms with van der Waals surface area (Å²) in [6.07, 6.45) is 1.96. The van der Waals surface area contributed by atoms with E-state index in [0.717, 1.165) is 33.0 Å². The van der Waals surface area contributed by atoms with Gasteiger partial charge in [0.05, 0.1) is 5.69 Å². The van der Waals surface area contributed by atoms with Crippen LogP contribution in [-0.4, -0.2) is 16.5 Å². The van der Waals surface area contributed by atoms with Gasteiger partial charge in [0.2, 0.25) is 0 Å². The molecule has 0 unspecified atom stereocenters. The minimum Gasteiger partial charge on any atom is -0.207 e. The number of hydrogen-bond donors (Lipinski definition) is 0. The monoisotopic (exact) mass is 328 g/mol. The largest absolute Gasteiger partial charge is 0.207 e. The molecule has 0 aliphatic carbocycles. The first-order chi connectivity index (χ1) is 11.1. The van der Waals surface area contributed by atoms with Crippen molar-refractivity contribution in [3.05, 3.63) is 65.7 Å². The minimum atomic E-state index is -0.285. The van der Waals surface area contributed by atoms with Gasteiger partial charge in [-0.15, -0.1) is 22.0 Å². The summed E-state index contributed by atoms with van der Waals surface area (Å²) in [6, 6.07) is 12.4. The van der Waals surface area contributed by atoms with Crippen LogP contribution in [0.1, 0.15) is 5.56 Å². The van der Waals surface area contributed by atoms with Crippen LogP contribution in [0.25, 0.3) is 22.5 Å². The Balaban J connectivity index is 2.13. The molecule has 0 saturated carbocycles. The highest BCUT2D eigenvalue weighted by Crippen LogP contribution is 2.35. The maximum absolute atomic E-state index is 13.1. The van der Waals surface area contributed by atoms with Crippen molar-refractivity contribution in [3.63, 3.8) is 0 Å². The third kappa shape index (κ3) is 3.10. The molecule has 0 fully saturated rings. The molecule has 0 aliphatic heterocycles. The number of aromatic nitrogens is 2. The van der Waals surface area contributed by atoms with Crippen LogP contribution in [-0.2, 0) is 0 Å². The number of halogens is 2. The summed E-state index contributed by atoms with van der Waals surface area (Å²) >= 11 is 1.56. The minimum absolute atomic E-state index is 0.285. The maximum Gasteiger partial charge on any atom is 0.123 e. The number of thioether (sulfide) groups is 1. The van der Waals surface area contributed by atoms with Crippen molar-refractivity contribution in [2.75, 3.05) is 6.26 Å². The number of rotatable bonds is 3. The van der Waals surface area contributed by atoms with Gasteiger partial charge in [0.1, 0.15) is 17.3 Å². The maximum atomic E-state index is 13.1. The molecule has 0 aliphatic rings. The molecule has 5 heteroatoms. The lowest BCUT2D eigenvalue weighted by atomic mass is 10.0. The molecule has 0 saturated heterocycles. The van der Waals surface area contributed by atoms with Crippen LogP contribution in [0.2, 0.25) is 0 Å². The first-order valence-corrected chi connectivity index (χ1v) is 8.26. The zero-order valence-corrected chi connectivity index (χ0v) is 13.5. The third-order valence-electron chi connectivity index (χ3n) is 3.60. The molecule has 0 atom stereocenters. The van der Waals surface area contributed by atoms with Gasteiger partial charge in [0.15, 0.2) is 0 Å². The summed E-state index contributed by atoms with van der Waals surface area (Å²) in [7, 11) is 0. The Bertz CT molecular complexity index is 831. The highest BCUT2D eigenvalue weighted by Gasteiger charge is 2.15. The Kier molecular flexibility index (Phi) is 4.39. The van der Waals surface area contributed by atoms with E-state index in [9.17, 15) is 8.78 Å². The van der Waals surface area contributed by atoms with Crippen molar-refractivity contribution in [3.8, 4) is 22.5 Å². The molecular formula is C18H14F2N2S. The van der Waals surface area contributed by atoms with Gasteiger partial charge in [-0.05, 0) is 67.3 Å². The van der Waals surface area contributed by atoms with Gasteiger partial charge >= 0.3 is 0 Å². The normalized spacial score (nSPS) is 10.8. The molecule has 1 heterocycles. The number of nitrogens with zero attached hydrogens (tertiary/aromatic N) is 2. The van der Waals surface area contributed by atoms with E-state index in [1.165, 1.54) is 24.3 Å². The smallest absolute Gasteiger partial charge is 0.123 e. The zero-order chi connectivity index (χ0) is 16.4. The van der Waals surface area contributed by atoms with Crippen LogP contribution in [0.3, 0.4) is 0 Å². The Labute approximate surface area is 137 Å². The molecule has 2 aromatic carbocycles. The second-order valence-corrected chi connectivity index (χ2v) is 5.89. The molecule has 23 heavy (non-hydrogen) atoms. The fourth-order valence-corrected chi connectivity index (χ4v) is 3.19. The Morgan fingerprint density at radius 3 is 1.65 bits per heavy atom. The standard InChI is InChI=1S/C18H14F2N2S/c1-11-16(12-3-7-14(19)8-4-12)21-22-17(18(11)23-2)13-5-9-15(20)10-6-13/h3-10H,1-2H3. The van der Waals surface area contributed by atoms with E-state index in [4.69, 9.17) is 0 Å². The Hall–Kier alpha value is -2.27. The summed E-state index contributed by atoms with van der Waals surface area (Å²) < 4.78 is 26.2. The van der Waals surface area contributed by atoms with Crippen LogP contribution in [0.5, 0.6) is 0 Å². The quantitative estimate of drug-likeness (QED) is 0.624. The lowest BCUT2D eigenvalue weighted by Gasteiger charge is -2.13. The van der Waals surface area contributed by atoms with Crippen LogP contribution < -0.4 is 0 Å². The van der Waals surface area contributed by atoms with Gasteiger partial charge in [0, 0.05) is 16.0 Å². The van der Waals surface area contributed by atoms with Crippen molar-refractivity contribution in [1.29, 1.82) is 0 Å². The molecule has 0 radical (unpaired) electrons. The van der Waals surface area contributed by atoms with Gasteiger partial charge in [-0.25, -0.2) is 8.78 Å². The van der Waals surface area contributed by atoms with Gasteiger partial charge in [0.25, 0.3) is 0 Å². The van der Waals surface area contributed by atoms with Gasteiger partial charge in [-0.1, -0.05) is 0 Å². The van der Waals surface area contributed by atoms with E-state index in [2.05, 4.69) is 10.2 Å². The van der Waals surface area contributed by atoms with E-state index >= 15 is 0 Å². The first kappa shape index (κ1) is 15.6. The Morgan fingerprint density at radius 1 is 0.739 bits per heavy atom. The third-order valence-corrected chi connectivity index (χ3v) is 4.51. The molecule has 0 spiro atoms. The summed E-state index contributed by atoms with van der Waals surface area (Å²) in [5, 5.41) is 8.63. The second kappa shape index (κ2) is 6.46. The van der Waals surface area contributed by atoms with Gasteiger partial charge < -0.3 is 0 Å². The molecule has 0 bridgehead atoms. The van der Waals surface area contributed by atoms with E-state index in [1.54, 1.807) is 36.0 Å². The van der Waals surface area contributed by atoms with Crippen LogP contribution in [0.15, 0.2) is 53.4 Å². The molecule has 0 amide bonds. The van der Waals surface area contributed by atoms with Crippen LogP contribution in [0.4, 0.5) is 8.78 Å². The molecule has 3 rings (SSSR count). The summed E-state index contributed by atoms with van der Waals surface area (Å²) in [5.74, 6) is -0.570. The number of hydrogen-bond acceptors (Lipinski definition) is 3. The van der Waals surface area contributed by atoms with Crippen molar-refractivity contribution in [2.24, 2.45) is 0 Å². The molecular weight excluding hydrogens is 314 g/mol. The van der Waals surface area contributed by atoms with Gasteiger partial charge in [-0.2, -0.15) is 0 Å². The second-order valence-electron chi connectivity index (χ2n) is 5.07.